The molecule has 0 saturated carbocycles. The molecule has 1 aliphatic heterocycles. The van der Waals surface area contributed by atoms with Crippen LogP contribution in [-0.2, 0) is 0 Å². The predicted molar refractivity (Wildman–Crippen MR) is 96.3 cm³/mol. The van der Waals surface area contributed by atoms with Gasteiger partial charge in [0.05, 0.1) is 19.3 Å². The Balaban J connectivity index is 1.77. The van der Waals surface area contributed by atoms with Crippen LogP contribution in [0.1, 0.15) is 32.4 Å². The normalized spacial score (nSPS) is 19.9. The molecule has 0 spiro atoms. The van der Waals surface area contributed by atoms with Gasteiger partial charge >= 0.3 is 0 Å². The average Bonchev–Trinajstić information content (AvgIpc) is 2.55. The Morgan fingerprint density at radius 2 is 1.46 bits per heavy atom. The minimum absolute atomic E-state index is 0.0817. The zero-order valence-electron chi connectivity index (χ0n) is 15.4. The maximum atomic E-state index is 10.4. The summed E-state index contributed by atoms with van der Waals surface area (Å²) in [5.74, 6) is 0.803. The lowest BCUT2D eigenvalue weighted by molar-refractivity contribution is 0.00718. The monoisotopic (exact) mass is 336 g/mol. The Bertz CT molecular complexity index is 490. The van der Waals surface area contributed by atoms with Crippen molar-refractivity contribution < 1.29 is 14.9 Å². The van der Waals surface area contributed by atoms with Crippen molar-refractivity contribution in [3.05, 3.63) is 29.8 Å². The lowest BCUT2D eigenvalue weighted by Gasteiger charge is -2.38. The quantitative estimate of drug-likeness (QED) is 0.829. The number of rotatable bonds is 6. The highest BCUT2D eigenvalue weighted by atomic mass is 16.5. The standard InChI is InChI=1S/C19H32N2O3/c1-19(2,3)18(23)14-21-11-9-20(10-12-21)13-17(22)15-5-7-16(24-4)8-6-15/h5-8,17-18,22-23H,9-14H2,1-4H3. The second kappa shape index (κ2) is 8.30. The number of aliphatic hydroxyl groups is 2. The highest BCUT2D eigenvalue weighted by Gasteiger charge is 2.27. The number of hydrogen-bond acceptors (Lipinski definition) is 5. The Hall–Kier alpha value is -1.14. The van der Waals surface area contributed by atoms with Crippen LogP contribution in [0.3, 0.4) is 0 Å². The van der Waals surface area contributed by atoms with E-state index >= 15 is 0 Å². The van der Waals surface area contributed by atoms with Crippen molar-refractivity contribution in [1.82, 2.24) is 9.80 Å². The molecule has 5 heteroatoms. The van der Waals surface area contributed by atoms with E-state index in [1.165, 1.54) is 0 Å². The molecule has 2 atom stereocenters. The van der Waals surface area contributed by atoms with Gasteiger partial charge in [-0.15, -0.1) is 0 Å². The van der Waals surface area contributed by atoms with Gasteiger partial charge in [-0.25, -0.2) is 0 Å². The largest absolute Gasteiger partial charge is 0.497 e. The lowest BCUT2D eigenvalue weighted by atomic mass is 9.89. The molecule has 1 saturated heterocycles. The summed E-state index contributed by atoms with van der Waals surface area (Å²) in [4.78, 5) is 4.60. The predicted octanol–water partition coefficient (Wildman–Crippen LogP) is 1.75. The molecule has 2 unspecified atom stereocenters. The third-order valence-electron chi connectivity index (χ3n) is 4.83. The first-order chi connectivity index (χ1) is 11.3. The number of nitrogens with zero attached hydrogens (tertiary/aromatic N) is 2. The van der Waals surface area contributed by atoms with Crippen LogP contribution in [0.5, 0.6) is 5.75 Å². The van der Waals surface area contributed by atoms with Crippen molar-refractivity contribution in [2.24, 2.45) is 5.41 Å². The molecular formula is C19H32N2O3. The summed E-state index contributed by atoms with van der Waals surface area (Å²) in [5.41, 5.74) is 0.836. The third-order valence-corrected chi connectivity index (χ3v) is 4.83. The molecule has 1 aliphatic rings. The van der Waals surface area contributed by atoms with Crippen molar-refractivity contribution in [3.8, 4) is 5.75 Å². The molecule has 1 aromatic carbocycles. The molecule has 24 heavy (non-hydrogen) atoms. The summed E-state index contributed by atoms with van der Waals surface area (Å²) in [6, 6.07) is 7.59. The molecule has 0 aliphatic carbocycles. The van der Waals surface area contributed by atoms with Crippen LogP contribution in [-0.4, -0.2) is 72.5 Å². The van der Waals surface area contributed by atoms with E-state index in [0.29, 0.717) is 6.54 Å². The maximum Gasteiger partial charge on any atom is 0.118 e. The fourth-order valence-corrected chi connectivity index (χ4v) is 2.85. The number of hydrogen-bond donors (Lipinski definition) is 2. The van der Waals surface area contributed by atoms with E-state index < -0.39 is 6.10 Å². The Kier molecular flexibility index (Phi) is 6.63. The zero-order chi connectivity index (χ0) is 17.7. The van der Waals surface area contributed by atoms with E-state index in [-0.39, 0.29) is 11.5 Å². The number of aliphatic hydroxyl groups excluding tert-OH is 2. The summed E-state index contributed by atoms with van der Waals surface area (Å²) >= 11 is 0. The van der Waals surface area contributed by atoms with Gasteiger partial charge in [0.1, 0.15) is 5.75 Å². The van der Waals surface area contributed by atoms with Crippen molar-refractivity contribution in [3.63, 3.8) is 0 Å². The second-order valence-corrected chi connectivity index (χ2v) is 7.77. The van der Waals surface area contributed by atoms with Gasteiger partial charge in [0, 0.05) is 39.3 Å². The highest BCUT2D eigenvalue weighted by molar-refractivity contribution is 5.28. The van der Waals surface area contributed by atoms with Gasteiger partial charge in [0.15, 0.2) is 0 Å². The van der Waals surface area contributed by atoms with Gasteiger partial charge in [-0.05, 0) is 23.1 Å². The van der Waals surface area contributed by atoms with Crippen LogP contribution in [0.4, 0.5) is 0 Å². The average molecular weight is 336 g/mol. The van der Waals surface area contributed by atoms with Gasteiger partial charge in [-0.2, -0.15) is 0 Å². The topological polar surface area (TPSA) is 56.2 Å². The minimum atomic E-state index is -0.484. The molecule has 1 aromatic rings. The fraction of sp³-hybridized carbons (Fsp3) is 0.684. The molecule has 1 heterocycles. The molecule has 0 bridgehead atoms. The van der Waals surface area contributed by atoms with Crippen molar-refractivity contribution in [2.75, 3.05) is 46.4 Å². The first-order valence-electron chi connectivity index (χ1n) is 8.74. The van der Waals surface area contributed by atoms with Gasteiger partial charge in [0.2, 0.25) is 0 Å². The first-order valence-corrected chi connectivity index (χ1v) is 8.74. The number of β-amino-alcohol motifs (C(OH)–C–C–N with tert-alkyl or cyclic N) is 2. The maximum absolute atomic E-state index is 10.4. The summed E-state index contributed by atoms with van der Waals surface area (Å²) in [5, 5.41) is 20.7. The fourth-order valence-electron chi connectivity index (χ4n) is 2.85. The smallest absolute Gasteiger partial charge is 0.118 e. The van der Waals surface area contributed by atoms with Crippen LogP contribution in [0.25, 0.3) is 0 Å². The first kappa shape index (κ1) is 19.2. The van der Waals surface area contributed by atoms with Gasteiger partial charge in [-0.3, -0.25) is 9.80 Å². The minimum Gasteiger partial charge on any atom is -0.497 e. The molecule has 5 nitrogen and oxygen atoms in total. The SMILES string of the molecule is COc1ccc(C(O)CN2CCN(CC(O)C(C)(C)C)CC2)cc1. The summed E-state index contributed by atoms with van der Waals surface area (Å²) < 4.78 is 5.15. The van der Waals surface area contributed by atoms with Crippen LogP contribution < -0.4 is 4.74 Å². The number of piperazine rings is 1. The Morgan fingerprint density at radius 1 is 0.958 bits per heavy atom. The van der Waals surface area contributed by atoms with E-state index in [9.17, 15) is 10.2 Å². The second-order valence-electron chi connectivity index (χ2n) is 7.77. The van der Waals surface area contributed by atoms with Crippen molar-refractivity contribution >= 4 is 0 Å². The molecular weight excluding hydrogens is 304 g/mol. The van der Waals surface area contributed by atoms with Crippen LogP contribution in [0.15, 0.2) is 24.3 Å². The van der Waals surface area contributed by atoms with E-state index in [1.807, 2.05) is 24.3 Å². The highest BCUT2D eigenvalue weighted by Crippen LogP contribution is 2.21. The van der Waals surface area contributed by atoms with E-state index in [2.05, 4.69) is 30.6 Å². The van der Waals surface area contributed by atoms with Crippen LogP contribution in [0.2, 0.25) is 0 Å². The molecule has 136 valence electrons. The Morgan fingerprint density at radius 3 is 1.92 bits per heavy atom. The van der Waals surface area contributed by atoms with E-state index in [0.717, 1.165) is 44.0 Å². The number of ether oxygens (including phenoxy) is 1. The van der Waals surface area contributed by atoms with Crippen molar-refractivity contribution in [1.29, 1.82) is 0 Å². The molecule has 2 rings (SSSR count). The summed E-state index contributed by atoms with van der Waals surface area (Å²) in [7, 11) is 1.64. The number of benzene rings is 1. The summed E-state index contributed by atoms with van der Waals surface area (Å²) in [6.45, 7) is 11.3. The van der Waals surface area contributed by atoms with Gasteiger partial charge in [-0.1, -0.05) is 32.9 Å². The van der Waals surface area contributed by atoms with Crippen LogP contribution in [0, 0.1) is 5.41 Å². The third kappa shape index (κ3) is 5.45. The van der Waals surface area contributed by atoms with E-state index in [4.69, 9.17) is 4.74 Å². The zero-order valence-corrected chi connectivity index (χ0v) is 15.4. The molecule has 0 aromatic heterocycles. The van der Waals surface area contributed by atoms with E-state index in [1.54, 1.807) is 7.11 Å². The number of methoxy groups -OCH3 is 1. The Labute approximate surface area is 145 Å². The molecule has 2 N–H and O–H groups in total. The molecule has 1 fully saturated rings. The van der Waals surface area contributed by atoms with Gasteiger partial charge in [0.25, 0.3) is 0 Å². The van der Waals surface area contributed by atoms with Gasteiger partial charge < -0.3 is 14.9 Å². The lowest BCUT2D eigenvalue weighted by Crippen LogP contribution is -2.50. The summed E-state index contributed by atoms with van der Waals surface area (Å²) in [6.07, 6.45) is -0.795. The van der Waals surface area contributed by atoms with Crippen molar-refractivity contribution in [2.45, 2.75) is 33.0 Å². The van der Waals surface area contributed by atoms with Crippen LogP contribution >= 0.6 is 0 Å². The molecule has 0 amide bonds. The molecule has 0 radical (unpaired) electrons.